The molecular weight excluding hydrogens is 430 g/mol. The molecule has 0 spiro atoms. The highest BCUT2D eigenvalue weighted by atomic mass is 32.1. The van der Waals surface area contributed by atoms with Crippen LogP contribution in [0.3, 0.4) is 0 Å². The lowest BCUT2D eigenvalue weighted by molar-refractivity contribution is 0.0229. The highest BCUT2D eigenvalue weighted by molar-refractivity contribution is 7.80. The van der Waals surface area contributed by atoms with Gasteiger partial charge in [0.15, 0.2) is 5.11 Å². The third-order valence-electron chi connectivity index (χ3n) is 5.74. The Morgan fingerprint density at radius 3 is 2.41 bits per heavy atom. The van der Waals surface area contributed by atoms with Crippen LogP contribution in [0.15, 0.2) is 18.0 Å². The normalized spacial score (nSPS) is 22.1. The van der Waals surface area contributed by atoms with Crippen LogP contribution in [0.25, 0.3) is 5.70 Å². The van der Waals surface area contributed by atoms with Crippen LogP contribution in [-0.2, 0) is 9.47 Å². The van der Waals surface area contributed by atoms with E-state index < -0.39 is 0 Å². The second kappa shape index (κ2) is 11.0. The second-order valence-corrected chi connectivity index (χ2v) is 8.22. The lowest BCUT2D eigenvalue weighted by atomic mass is 10.1. The minimum Gasteiger partial charge on any atom is -0.379 e. The molecule has 32 heavy (non-hydrogen) atoms. The van der Waals surface area contributed by atoms with Crippen molar-refractivity contribution in [3.8, 4) is 0 Å². The van der Waals surface area contributed by atoms with Crippen molar-refractivity contribution >= 4 is 34.8 Å². The van der Waals surface area contributed by atoms with Gasteiger partial charge in [-0.2, -0.15) is 0 Å². The number of thiocarbonyl (C=S) groups is 1. The minimum atomic E-state index is 0.221. The van der Waals surface area contributed by atoms with E-state index >= 15 is 0 Å². The van der Waals surface area contributed by atoms with Crippen LogP contribution in [0.5, 0.6) is 0 Å². The highest BCUT2D eigenvalue weighted by Crippen LogP contribution is 2.26. The van der Waals surface area contributed by atoms with Gasteiger partial charge in [-0.25, -0.2) is 15.0 Å². The zero-order valence-corrected chi connectivity index (χ0v) is 19.0. The van der Waals surface area contributed by atoms with E-state index in [1.54, 1.807) is 12.4 Å². The number of anilines is 1. The van der Waals surface area contributed by atoms with Gasteiger partial charge in [0.1, 0.15) is 5.84 Å². The van der Waals surface area contributed by atoms with Crippen molar-refractivity contribution in [1.29, 1.82) is 5.41 Å². The molecule has 0 unspecified atom stereocenters. The number of nitrogen functional groups attached to an aromatic ring is 1. The molecule has 4 heterocycles. The van der Waals surface area contributed by atoms with Crippen LogP contribution in [-0.4, -0.2) is 108 Å². The lowest BCUT2D eigenvalue weighted by Gasteiger charge is -2.30. The summed E-state index contributed by atoms with van der Waals surface area (Å²) in [4.78, 5) is 12.5. The Labute approximate surface area is 193 Å². The number of aromatic nitrogens is 2. The van der Waals surface area contributed by atoms with Crippen molar-refractivity contribution < 1.29 is 9.47 Å². The van der Waals surface area contributed by atoms with Gasteiger partial charge in [0.25, 0.3) is 0 Å². The first kappa shape index (κ1) is 22.8. The molecule has 1 aromatic rings. The molecule has 12 heteroatoms. The SMILES string of the molecule is N=C1/C(=C(\NN2CCOCC2)c2cnc(N)nc2)CCN1C(=S)NCCN1CCOCC1. The Balaban J connectivity index is 1.44. The number of hydrogen-bond acceptors (Lipinski definition) is 10. The van der Waals surface area contributed by atoms with E-state index in [-0.39, 0.29) is 5.95 Å². The molecule has 4 rings (SSSR count). The Kier molecular flexibility index (Phi) is 7.81. The average Bonchev–Trinajstić information content (AvgIpc) is 3.20. The van der Waals surface area contributed by atoms with Gasteiger partial charge in [-0.15, -0.1) is 0 Å². The molecule has 11 nitrogen and oxygen atoms in total. The predicted molar refractivity (Wildman–Crippen MR) is 126 cm³/mol. The smallest absolute Gasteiger partial charge is 0.219 e. The molecule has 3 saturated heterocycles. The van der Waals surface area contributed by atoms with Gasteiger partial charge in [0.05, 0.1) is 32.1 Å². The molecule has 3 aliphatic heterocycles. The second-order valence-electron chi connectivity index (χ2n) is 7.83. The van der Waals surface area contributed by atoms with E-state index in [9.17, 15) is 0 Å². The van der Waals surface area contributed by atoms with Gasteiger partial charge in [-0.3, -0.25) is 10.3 Å². The molecule has 5 N–H and O–H groups in total. The van der Waals surface area contributed by atoms with Gasteiger partial charge in [0.2, 0.25) is 5.95 Å². The average molecular weight is 462 g/mol. The van der Waals surface area contributed by atoms with Gasteiger partial charge in [-0.1, -0.05) is 0 Å². The maximum atomic E-state index is 8.83. The van der Waals surface area contributed by atoms with E-state index in [2.05, 4.69) is 30.6 Å². The summed E-state index contributed by atoms with van der Waals surface area (Å²) in [6, 6.07) is 0. The van der Waals surface area contributed by atoms with Crippen LogP contribution in [0.2, 0.25) is 0 Å². The maximum absolute atomic E-state index is 8.83. The number of hydrogen-bond donors (Lipinski definition) is 4. The lowest BCUT2D eigenvalue weighted by Crippen LogP contribution is -2.46. The molecule has 0 bridgehead atoms. The van der Waals surface area contributed by atoms with Crippen LogP contribution in [0, 0.1) is 5.41 Å². The molecular formula is C20H31N9O2S. The number of ether oxygens (including phenoxy) is 2. The van der Waals surface area contributed by atoms with Crippen molar-refractivity contribution in [1.82, 2.24) is 35.5 Å². The van der Waals surface area contributed by atoms with Gasteiger partial charge in [0, 0.05) is 69.3 Å². The summed E-state index contributed by atoms with van der Waals surface area (Å²) in [7, 11) is 0. The number of nitrogens with zero attached hydrogens (tertiary/aromatic N) is 5. The molecule has 0 atom stereocenters. The number of likely N-dealkylation sites (tertiary alicyclic amines) is 1. The van der Waals surface area contributed by atoms with E-state index in [4.69, 9.17) is 32.8 Å². The number of rotatable bonds is 6. The molecule has 3 aliphatic rings. The Bertz CT molecular complexity index is 836. The van der Waals surface area contributed by atoms with Crippen molar-refractivity contribution in [3.63, 3.8) is 0 Å². The molecule has 0 aromatic carbocycles. The topological polar surface area (TPSA) is 128 Å². The van der Waals surface area contributed by atoms with Gasteiger partial charge in [-0.05, 0) is 18.6 Å². The van der Waals surface area contributed by atoms with Crippen LogP contribution < -0.4 is 16.5 Å². The fourth-order valence-corrected chi connectivity index (χ4v) is 4.20. The fourth-order valence-electron chi connectivity index (χ4n) is 3.91. The molecule has 3 fully saturated rings. The minimum absolute atomic E-state index is 0.221. The molecule has 1 aromatic heterocycles. The van der Waals surface area contributed by atoms with Crippen molar-refractivity contribution in [2.24, 2.45) is 0 Å². The molecule has 0 amide bonds. The van der Waals surface area contributed by atoms with E-state index in [0.717, 1.165) is 69.3 Å². The molecule has 0 saturated carbocycles. The third-order valence-corrected chi connectivity index (χ3v) is 6.10. The predicted octanol–water partition coefficient (Wildman–Crippen LogP) is -0.504. The number of hydrazine groups is 1. The van der Waals surface area contributed by atoms with Crippen molar-refractivity contribution in [3.05, 3.63) is 23.5 Å². The molecule has 174 valence electrons. The van der Waals surface area contributed by atoms with Crippen molar-refractivity contribution in [2.75, 3.05) is 78.0 Å². The zero-order valence-electron chi connectivity index (χ0n) is 18.2. The number of nitrogens with two attached hydrogens (primary N) is 1. The standard InChI is InChI=1S/C20H31N9O2S/c21-18-16(1-3-29(18)20(32)23-2-4-27-5-9-30-10-6-27)17(15-13-24-19(22)25-14-15)26-28-7-11-31-12-8-28/h13-14,21,26H,1-12H2,(H,23,32)(H2,22,24,25)/b17-16-,21-18?. The summed E-state index contributed by atoms with van der Waals surface area (Å²) in [6.45, 7) is 8.59. The largest absolute Gasteiger partial charge is 0.379 e. The summed E-state index contributed by atoms with van der Waals surface area (Å²) in [5.74, 6) is 0.611. The highest BCUT2D eigenvalue weighted by Gasteiger charge is 2.30. The Morgan fingerprint density at radius 1 is 1.06 bits per heavy atom. The first-order chi connectivity index (χ1) is 15.6. The van der Waals surface area contributed by atoms with Crippen LogP contribution >= 0.6 is 12.2 Å². The quantitative estimate of drug-likeness (QED) is 0.409. The Morgan fingerprint density at radius 2 is 1.72 bits per heavy atom. The monoisotopic (exact) mass is 461 g/mol. The van der Waals surface area contributed by atoms with Crippen LogP contribution in [0.4, 0.5) is 5.95 Å². The summed E-state index contributed by atoms with van der Waals surface area (Å²) >= 11 is 5.61. The summed E-state index contributed by atoms with van der Waals surface area (Å²) in [5.41, 5.74) is 11.6. The van der Waals surface area contributed by atoms with E-state index in [1.807, 2.05) is 4.90 Å². The first-order valence-electron chi connectivity index (χ1n) is 11.0. The van der Waals surface area contributed by atoms with E-state index in [0.29, 0.717) is 37.1 Å². The van der Waals surface area contributed by atoms with Gasteiger partial charge < -0.3 is 30.8 Å². The number of nitrogens with one attached hydrogen (secondary N) is 3. The summed E-state index contributed by atoms with van der Waals surface area (Å²) in [5, 5.41) is 14.8. The first-order valence-corrected chi connectivity index (χ1v) is 11.4. The Hall–Kier alpha value is -2.38. The fraction of sp³-hybridized carbons (Fsp3) is 0.600. The summed E-state index contributed by atoms with van der Waals surface area (Å²) in [6.07, 6.45) is 4.07. The zero-order chi connectivity index (χ0) is 22.3. The maximum Gasteiger partial charge on any atom is 0.219 e. The number of morpholine rings is 2. The number of amidine groups is 1. The molecule has 0 radical (unpaired) electrons. The van der Waals surface area contributed by atoms with E-state index in [1.165, 1.54) is 0 Å². The molecule has 0 aliphatic carbocycles. The summed E-state index contributed by atoms with van der Waals surface area (Å²) < 4.78 is 10.8. The third kappa shape index (κ3) is 5.70. The van der Waals surface area contributed by atoms with Gasteiger partial charge >= 0.3 is 0 Å². The van der Waals surface area contributed by atoms with Crippen LogP contribution in [0.1, 0.15) is 12.0 Å². The van der Waals surface area contributed by atoms with Crippen molar-refractivity contribution in [2.45, 2.75) is 6.42 Å².